The molecule has 0 saturated carbocycles. The number of carbonyl (C=O) groups excluding carboxylic acids is 1. The average molecular weight is 412 g/mol. The minimum atomic E-state index is -2.88. The second kappa shape index (κ2) is 7.78. The lowest BCUT2D eigenvalue weighted by atomic mass is 10.0. The summed E-state index contributed by atoms with van der Waals surface area (Å²) in [5.74, 6) is 0.0821. The van der Waals surface area contributed by atoms with Crippen LogP contribution < -0.4 is 9.64 Å². The molecule has 0 radical (unpaired) electrons. The van der Waals surface area contributed by atoms with Gasteiger partial charge in [-0.25, -0.2) is 4.79 Å². The Morgan fingerprint density at radius 2 is 1.93 bits per heavy atom. The van der Waals surface area contributed by atoms with Crippen LogP contribution in [-0.2, 0) is 6.54 Å². The highest BCUT2D eigenvalue weighted by Crippen LogP contribution is 2.33. The molecule has 8 heteroatoms. The van der Waals surface area contributed by atoms with E-state index < -0.39 is 12.2 Å². The van der Waals surface area contributed by atoms with E-state index in [1.165, 1.54) is 12.1 Å². The number of carbonyl (C=O) groups is 1. The van der Waals surface area contributed by atoms with E-state index in [0.717, 1.165) is 22.4 Å². The van der Waals surface area contributed by atoms with Crippen LogP contribution in [0.4, 0.5) is 19.3 Å². The van der Waals surface area contributed by atoms with Gasteiger partial charge in [-0.1, -0.05) is 24.3 Å². The summed E-state index contributed by atoms with van der Waals surface area (Å²) < 4.78 is 29.5. The fraction of sp³-hybridized carbons (Fsp3) is 0.273. The van der Waals surface area contributed by atoms with Gasteiger partial charge in [0, 0.05) is 24.0 Å². The van der Waals surface area contributed by atoms with E-state index in [9.17, 15) is 13.6 Å². The van der Waals surface area contributed by atoms with Gasteiger partial charge < -0.3 is 9.64 Å². The number of ether oxygens (including phenoxy) is 1. The zero-order valence-electron chi connectivity index (χ0n) is 16.7. The number of aromatic amines is 1. The zero-order valence-corrected chi connectivity index (χ0v) is 16.7. The molecule has 30 heavy (non-hydrogen) atoms. The lowest BCUT2D eigenvalue weighted by molar-refractivity contribution is -0.0499. The van der Waals surface area contributed by atoms with Crippen LogP contribution in [0.1, 0.15) is 19.4 Å². The molecule has 1 aliphatic heterocycles. The fourth-order valence-corrected chi connectivity index (χ4v) is 3.67. The molecule has 0 aliphatic carbocycles. The fourth-order valence-electron chi connectivity index (χ4n) is 3.67. The first kappa shape index (κ1) is 19.9. The summed E-state index contributed by atoms with van der Waals surface area (Å²) in [7, 11) is 0. The molecule has 156 valence electrons. The first-order valence-electron chi connectivity index (χ1n) is 9.55. The Bertz CT molecular complexity index is 1020. The van der Waals surface area contributed by atoms with Crippen molar-refractivity contribution in [2.24, 2.45) is 0 Å². The van der Waals surface area contributed by atoms with Crippen LogP contribution in [0.3, 0.4) is 0 Å². The molecular formula is C22H22F2N4O2. The molecule has 6 nitrogen and oxygen atoms in total. The van der Waals surface area contributed by atoms with Gasteiger partial charge in [-0.15, -0.1) is 0 Å². The van der Waals surface area contributed by atoms with E-state index in [1.807, 2.05) is 44.3 Å². The quantitative estimate of drug-likeness (QED) is 0.627. The number of nitrogens with one attached hydrogen (secondary N) is 1. The van der Waals surface area contributed by atoms with Gasteiger partial charge >= 0.3 is 12.6 Å². The normalized spacial score (nSPS) is 15.8. The third-order valence-electron chi connectivity index (χ3n) is 5.21. The second-order valence-corrected chi connectivity index (χ2v) is 7.83. The molecule has 3 aromatic rings. The van der Waals surface area contributed by atoms with Gasteiger partial charge in [0.05, 0.1) is 18.3 Å². The van der Waals surface area contributed by atoms with Gasteiger partial charge in [-0.2, -0.15) is 13.9 Å². The highest BCUT2D eigenvalue weighted by molar-refractivity contribution is 5.95. The maximum absolute atomic E-state index is 13.2. The topological polar surface area (TPSA) is 61.5 Å². The number of hydrogen-bond acceptors (Lipinski definition) is 3. The molecule has 1 fully saturated rings. The minimum Gasteiger partial charge on any atom is -0.435 e. The third kappa shape index (κ3) is 3.98. The van der Waals surface area contributed by atoms with Crippen molar-refractivity contribution in [3.05, 3.63) is 66.5 Å². The molecule has 2 heterocycles. The number of hydrogen-bond donors (Lipinski definition) is 1. The summed E-state index contributed by atoms with van der Waals surface area (Å²) in [6.07, 6.45) is 3.56. The second-order valence-electron chi connectivity index (χ2n) is 7.83. The summed E-state index contributed by atoms with van der Waals surface area (Å²) in [4.78, 5) is 16.7. The summed E-state index contributed by atoms with van der Waals surface area (Å²) in [5.41, 5.74) is 3.08. The molecular weight excluding hydrogens is 390 g/mol. The molecule has 4 rings (SSSR count). The van der Waals surface area contributed by atoms with Crippen molar-refractivity contribution in [2.75, 3.05) is 11.4 Å². The van der Waals surface area contributed by atoms with E-state index in [4.69, 9.17) is 0 Å². The standard InChI is InChI=1S/C22H22F2N4O2/c1-22(2)14-27(18-8-6-16(7-9-18)17-11-25-26-12-17)21(29)28(22)13-15-4-3-5-19(10-15)30-20(23)24/h3-12,20H,13-14H2,1-2H3,(H,25,26). The average Bonchev–Trinajstić information content (AvgIpc) is 3.31. The SMILES string of the molecule is CC1(C)CN(c2ccc(-c3cn[nH]c3)cc2)C(=O)N1Cc1cccc(OC(F)F)c1. The van der Waals surface area contributed by atoms with Gasteiger partial charge in [0.1, 0.15) is 5.75 Å². The van der Waals surface area contributed by atoms with E-state index in [0.29, 0.717) is 13.1 Å². The minimum absolute atomic E-state index is 0.0821. The first-order chi connectivity index (χ1) is 14.3. The lowest BCUT2D eigenvalue weighted by Crippen LogP contribution is -2.41. The van der Waals surface area contributed by atoms with Crippen LogP contribution in [0.2, 0.25) is 0 Å². The van der Waals surface area contributed by atoms with E-state index in [1.54, 1.807) is 28.1 Å². The van der Waals surface area contributed by atoms with Crippen molar-refractivity contribution in [3.63, 3.8) is 0 Å². The predicted octanol–water partition coefficient (Wildman–Crippen LogP) is 4.90. The molecule has 0 atom stereocenters. The molecule has 1 aliphatic rings. The van der Waals surface area contributed by atoms with Crippen molar-refractivity contribution in [1.82, 2.24) is 15.1 Å². The summed E-state index contributed by atoms with van der Waals surface area (Å²) >= 11 is 0. The Hall–Kier alpha value is -3.42. The Labute approximate surface area is 173 Å². The van der Waals surface area contributed by atoms with Crippen LogP contribution in [0, 0.1) is 0 Å². The maximum atomic E-state index is 13.2. The van der Waals surface area contributed by atoms with Crippen LogP contribution in [-0.4, -0.2) is 39.8 Å². The molecule has 0 bridgehead atoms. The molecule has 2 amide bonds. The number of anilines is 1. The van der Waals surface area contributed by atoms with E-state index in [-0.39, 0.29) is 11.8 Å². The van der Waals surface area contributed by atoms with Gasteiger partial charge in [0.15, 0.2) is 0 Å². The Kier molecular flexibility index (Phi) is 5.15. The highest BCUT2D eigenvalue weighted by atomic mass is 19.3. The summed E-state index contributed by atoms with van der Waals surface area (Å²) in [5, 5.41) is 6.74. The van der Waals surface area contributed by atoms with Crippen molar-refractivity contribution in [2.45, 2.75) is 32.5 Å². The molecule has 0 spiro atoms. The molecule has 1 saturated heterocycles. The third-order valence-corrected chi connectivity index (χ3v) is 5.21. The number of rotatable bonds is 6. The number of nitrogens with zero attached hydrogens (tertiary/aromatic N) is 3. The number of urea groups is 1. The number of aromatic nitrogens is 2. The smallest absolute Gasteiger partial charge is 0.387 e. The highest BCUT2D eigenvalue weighted by Gasteiger charge is 2.43. The van der Waals surface area contributed by atoms with Crippen molar-refractivity contribution < 1.29 is 18.3 Å². The van der Waals surface area contributed by atoms with Crippen molar-refractivity contribution >= 4 is 11.7 Å². The van der Waals surface area contributed by atoms with Gasteiger partial charge in [0.2, 0.25) is 0 Å². The summed E-state index contributed by atoms with van der Waals surface area (Å²) in [6, 6.07) is 14.1. The van der Waals surface area contributed by atoms with Crippen LogP contribution in [0.15, 0.2) is 60.9 Å². The Morgan fingerprint density at radius 3 is 2.60 bits per heavy atom. The number of H-pyrrole nitrogens is 1. The molecule has 2 aromatic carbocycles. The number of amides is 2. The van der Waals surface area contributed by atoms with Crippen LogP contribution >= 0.6 is 0 Å². The van der Waals surface area contributed by atoms with Crippen LogP contribution in [0.5, 0.6) is 5.75 Å². The number of alkyl halides is 2. The molecule has 1 N–H and O–H groups in total. The van der Waals surface area contributed by atoms with Gasteiger partial charge in [0.25, 0.3) is 0 Å². The van der Waals surface area contributed by atoms with Gasteiger partial charge in [-0.05, 0) is 49.2 Å². The monoisotopic (exact) mass is 412 g/mol. The van der Waals surface area contributed by atoms with Gasteiger partial charge in [-0.3, -0.25) is 10.00 Å². The van der Waals surface area contributed by atoms with E-state index in [2.05, 4.69) is 14.9 Å². The lowest BCUT2D eigenvalue weighted by Gasteiger charge is -2.29. The largest absolute Gasteiger partial charge is 0.435 e. The Balaban J connectivity index is 1.53. The zero-order chi connectivity index (χ0) is 21.3. The Morgan fingerprint density at radius 1 is 1.17 bits per heavy atom. The summed E-state index contributed by atoms with van der Waals surface area (Å²) in [6.45, 7) is 1.92. The van der Waals surface area contributed by atoms with E-state index >= 15 is 0 Å². The van der Waals surface area contributed by atoms with Crippen LogP contribution in [0.25, 0.3) is 11.1 Å². The van der Waals surface area contributed by atoms with Crippen molar-refractivity contribution in [3.8, 4) is 16.9 Å². The first-order valence-corrected chi connectivity index (χ1v) is 9.55. The number of benzene rings is 2. The molecule has 0 unspecified atom stereocenters. The van der Waals surface area contributed by atoms with Crippen molar-refractivity contribution in [1.29, 1.82) is 0 Å². The maximum Gasteiger partial charge on any atom is 0.387 e. The molecule has 1 aromatic heterocycles. The predicted molar refractivity (Wildman–Crippen MR) is 109 cm³/mol. The number of halogens is 2.